The molecule has 0 saturated heterocycles. The molecule has 0 aliphatic carbocycles. The van der Waals surface area contributed by atoms with Crippen LogP contribution in [-0.4, -0.2) is 61.0 Å². The summed E-state index contributed by atoms with van der Waals surface area (Å²) in [7, 11) is -0.144. The van der Waals surface area contributed by atoms with Gasteiger partial charge in [0.05, 0.1) is 35.0 Å². The summed E-state index contributed by atoms with van der Waals surface area (Å²) in [4.78, 5) is 24.4. The predicted octanol–water partition coefficient (Wildman–Crippen LogP) is 3.72. The molecule has 3 heterocycles. The molecule has 11 nitrogen and oxygen atoms in total. The Morgan fingerprint density at radius 2 is 1.94 bits per heavy atom. The van der Waals surface area contributed by atoms with Gasteiger partial charge in [-0.15, -0.1) is 0 Å². The van der Waals surface area contributed by atoms with E-state index >= 15 is 4.39 Å². The van der Waals surface area contributed by atoms with Crippen LogP contribution in [0.25, 0.3) is 22.8 Å². The Kier molecular flexibility index (Phi) is 6.29. The van der Waals surface area contributed by atoms with Gasteiger partial charge in [-0.2, -0.15) is 0 Å². The molecule has 1 amide bonds. The number of carbonyl (C=O) groups is 1. The maximum atomic E-state index is 15.2. The number of aromatic nitrogens is 3. The van der Waals surface area contributed by atoms with Crippen LogP contribution >= 0.6 is 0 Å². The molecule has 13 heteroatoms. The summed E-state index contributed by atoms with van der Waals surface area (Å²) < 4.78 is 42.4. The molecule has 190 valence electrons. The number of halogens is 1. The van der Waals surface area contributed by atoms with Gasteiger partial charge in [-0.05, 0) is 39.0 Å². The Labute approximate surface area is 207 Å². The van der Waals surface area contributed by atoms with Crippen molar-refractivity contribution in [3.8, 4) is 28.6 Å². The normalized spacial score (nSPS) is 23.0. The fourth-order valence-electron chi connectivity index (χ4n) is 4.00. The molecule has 0 spiro atoms. The van der Waals surface area contributed by atoms with Gasteiger partial charge >= 0.3 is 6.09 Å². The highest BCUT2D eigenvalue weighted by molar-refractivity contribution is 7.95. The summed E-state index contributed by atoms with van der Waals surface area (Å²) >= 11 is 0. The van der Waals surface area contributed by atoms with E-state index < -0.39 is 31.9 Å². The average molecular weight is 517 g/mol. The van der Waals surface area contributed by atoms with Crippen LogP contribution in [0.3, 0.4) is 0 Å². The quantitative estimate of drug-likeness (QED) is 0.532. The van der Waals surface area contributed by atoms with Crippen molar-refractivity contribution in [2.45, 2.75) is 31.1 Å². The Hall–Kier alpha value is -3.87. The SMILES string of the molecule is CN=S1(=O)C[C@@](C)(c2cc(-c3cc(-c4ncc(OC)cn4)no3)ccc2F)N=C(NC(=O)O)C1(C)C. The lowest BCUT2D eigenvalue weighted by Crippen LogP contribution is -2.57. The third-order valence-electron chi connectivity index (χ3n) is 6.16. The Balaban J connectivity index is 1.79. The number of hydrogen-bond acceptors (Lipinski definition) is 9. The maximum Gasteiger partial charge on any atom is 0.410 e. The second kappa shape index (κ2) is 8.97. The van der Waals surface area contributed by atoms with E-state index in [1.807, 2.05) is 0 Å². The zero-order chi connectivity index (χ0) is 26.3. The number of amides is 1. The minimum Gasteiger partial charge on any atom is -0.494 e. The molecule has 3 aromatic rings. The molecule has 1 aliphatic heterocycles. The second-order valence-corrected chi connectivity index (χ2v) is 11.8. The highest BCUT2D eigenvalue weighted by Gasteiger charge is 2.49. The van der Waals surface area contributed by atoms with E-state index in [1.165, 1.54) is 44.8 Å². The molecule has 2 N–H and O–H groups in total. The highest BCUT2D eigenvalue weighted by Crippen LogP contribution is 2.40. The number of rotatable bonds is 4. The molecule has 0 bridgehead atoms. The lowest BCUT2D eigenvalue weighted by Gasteiger charge is -2.41. The third kappa shape index (κ3) is 4.30. The Bertz CT molecular complexity index is 1480. The number of aliphatic imine (C=N–C) groups is 1. The molecular formula is C23H25FN6O5S. The van der Waals surface area contributed by atoms with Crippen molar-refractivity contribution in [3.63, 3.8) is 0 Å². The minimum atomic E-state index is -3.05. The highest BCUT2D eigenvalue weighted by atomic mass is 32.2. The Morgan fingerprint density at radius 3 is 2.56 bits per heavy atom. The van der Waals surface area contributed by atoms with Gasteiger partial charge in [-0.25, -0.2) is 27.7 Å². The first-order valence-corrected chi connectivity index (χ1v) is 12.5. The summed E-state index contributed by atoms with van der Waals surface area (Å²) in [5.74, 6) is 0.350. The van der Waals surface area contributed by atoms with E-state index in [1.54, 1.807) is 26.8 Å². The van der Waals surface area contributed by atoms with Crippen molar-refractivity contribution < 1.29 is 27.8 Å². The molecule has 0 radical (unpaired) electrons. The van der Waals surface area contributed by atoms with Crippen molar-refractivity contribution >= 4 is 21.7 Å². The monoisotopic (exact) mass is 516 g/mol. The van der Waals surface area contributed by atoms with Crippen molar-refractivity contribution in [2.24, 2.45) is 9.36 Å². The number of amidine groups is 1. The van der Waals surface area contributed by atoms with Gasteiger partial charge in [0.2, 0.25) is 0 Å². The number of ether oxygens (including phenoxy) is 1. The first-order valence-electron chi connectivity index (χ1n) is 10.8. The van der Waals surface area contributed by atoms with E-state index in [0.717, 1.165) is 0 Å². The van der Waals surface area contributed by atoms with Crippen LogP contribution in [0.2, 0.25) is 0 Å². The van der Waals surface area contributed by atoms with Crippen LogP contribution in [0, 0.1) is 5.82 Å². The fourth-order valence-corrected chi connectivity index (χ4v) is 6.33. The molecule has 0 fully saturated rings. The van der Waals surface area contributed by atoms with Gasteiger partial charge in [0.15, 0.2) is 23.0 Å². The molecule has 2 atom stereocenters. The van der Waals surface area contributed by atoms with Gasteiger partial charge in [0, 0.05) is 24.2 Å². The van der Waals surface area contributed by atoms with Crippen molar-refractivity contribution in [3.05, 3.63) is 48.0 Å². The molecule has 0 saturated carbocycles. The number of methoxy groups -OCH3 is 1. The molecule has 1 aromatic carbocycles. The summed E-state index contributed by atoms with van der Waals surface area (Å²) in [6.07, 6.45) is 1.62. The number of carboxylic acid groups (broad SMARTS) is 1. The number of hydrogen-bond donors (Lipinski definition) is 2. The lowest BCUT2D eigenvalue weighted by atomic mass is 9.91. The summed E-state index contributed by atoms with van der Waals surface area (Å²) in [6.45, 7) is 4.79. The fraction of sp³-hybridized carbons (Fsp3) is 0.348. The van der Waals surface area contributed by atoms with Gasteiger partial charge in [-0.3, -0.25) is 10.3 Å². The van der Waals surface area contributed by atoms with Crippen LogP contribution in [0.15, 0.2) is 50.5 Å². The van der Waals surface area contributed by atoms with Crippen LogP contribution in [0.5, 0.6) is 5.75 Å². The number of nitrogens with zero attached hydrogens (tertiary/aromatic N) is 5. The van der Waals surface area contributed by atoms with E-state index in [9.17, 15) is 14.1 Å². The van der Waals surface area contributed by atoms with E-state index in [4.69, 9.17) is 9.26 Å². The van der Waals surface area contributed by atoms with E-state index in [-0.39, 0.29) is 17.2 Å². The first kappa shape index (κ1) is 25.2. The molecular weight excluding hydrogens is 491 g/mol. The topological polar surface area (TPSA) is 152 Å². The predicted molar refractivity (Wildman–Crippen MR) is 131 cm³/mol. The third-order valence-corrected chi connectivity index (χ3v) is 9.49. The van der Waals surface area contributed by atoms with E-state index in [0.29, 0.717) is 28.6 Å². The number of benzene rings is 1. The molecule has 4 rings (SSSR count). The zero-order valence-electron chi connectivity index (χ0n) is 20.3. The van der Waals surface area contributed by atoms with E-state index in [2.05, 4.69) is 29.8 Å². The summed E-state index contributed by atoms with van der Waals surface area (Å²) in [6, 6.07) is 5.88. The van der Waals surface area contributed by atoms with Gasteiger partial charge < -0.3 is 14.4 Å². The zero-order valence-corrected chi connectivity index (χ0v) is 21.1. The summed E-state index contributed by atoms with van der Waals surface area (Å²) in [5, 5.41) is 15.6. The van der Waals surface area contributed by atoms with Crippen LogP contribution in [0.4, 0.5) is 9.18 Å². The number of nitrogens with one attached hydrogen (secondary N) is 1. The maximum absolute atomic E-state index is 15.2. The molecule has 1 aliphatic rings. The first-order chi connectivity index (χ1) is 16.9. The molecule has 1 unspecified atom stereocenters. The Morgan fingerprint density at radius 1 is 1.25 bits per heavy atom. The lowest BCUT2D eigenvalue weighted by molar-refractivity contribution is 0.199. The average Bonchev–Trinajstić information content (AvgIpc) is 3.33. The standard InChI is InChI=1S/C23H25FN6O5S/c1-22(2)20(28-21(31)32)29-23(3,12-36(22,33)25-4)15-8-13(6-7-16(15)24)18-9-17(30-35-18)19-26-10-14(34-5)11-27-19/h6-11H,12H2,1-5H3,(H,28,29)(H,31,32)/t23-,36?/m0/s1. The molecule has 36 heavy (non-hydrogen) atoms. The van der Waals surface area contributed by atoms with Crippen LogP contribution < -0.4 is 10.1 Å². The smallest absolute Gasteiger partial charge is 0.410 e. The van der Waals surface area contributed by atoms with Gasteiger partial charge in [0.1, 0.15) is 21.9 Å². The van der Waals surface area contributed by atoms with Gasteiger partial charge in [-0.1, -0.05) is 5.16 Å². The van der Waals surface area contributed by atoms with Crippen molar-refractivity contribution in [1.82, 2.24) is 20.4 Å². The van der Waals surface area contributed by atoms with Crippen molar-refractivity contribution in [2.75, 3.05) is 19.9 Å². The van der Waals surface area contributed by atoms with Gasteiger partial charge in [0.25, 0.3) is 0 Å². The largest absolute Gasteiger partial charge is 0.494 e. The summed E-state index contributed by atoms with van der Waals surface area (Å²) in [5.41, 5.74) is -0.433. The minimum absolute atomic E-state index is 0.0530. The van der Waals surface area contributed by atoms with Crippen LogP contribution in [-0.2, 0) is 15.3 Å². The van der Waals surface area contributed by atoms with Crippen LogP contribution in [0.1, 0.15) is 26.3 Å². The van der Waals surface area contributed by atoms with Crippen molar-refractivity contribution in [1.29, 1.82) is 0 Å². The second-order valence-electron chi connectivity index (χ2n) is 8.86. The molecule has 2 aromatic heterocycles.